The Morgan fingerprint density at radius 3 is 2.67 bits per heavy atom. The molecule has 0 radical (unpaired) electrons. The van der Waals surface area contributed by atoms with E-state index in [1.165, 1.54) is 25.7 Å². The second-order valence-electron chi connectivity index (χ2n) is 4.54. The normalized spacial score (nSPS) is 20.0. The summed E-state index contributed by atoms with van der Waals surface area (Å²) in [5, 5.41) is 3.37. The summed E-state index contributed by atoms with van der Waals surface area (Å²) in [5.41, 5.74) is 0. The van der Waals surface area contributed by atoms with E-state index in [0.29, 0.717) is 25.0 Å². The van der Waals surface area contributed by atoms with Crippen LogP contribution < -0.4 is 5.32 Å². The van der Waals surface area contributed by atoms with Crippen molar-refractivity contribution >= 4 is 5.91 Å². The Morgan fingerprint density at radius 1 is 1.40 bits per heavy atom. The molecule has 3 nitrogen and oxygen atoms in total. The van der Waals surface area contributed by atoms with Crippen molar-refractivity contribution in [3.05, 3.63) is 12.7 Å². The van der Waals surface area contributed by atoms with Crippen molar-refractivity contribution in [2.45, 2.75) is 44.2 Å². The minimum Gasteiger partial charge on any atom is -0.336 e. The van der Waals surface area contributed by atoms with Crippen LogP contribution in [0.3, 0.4) is 0 Å². The quantitative estimate of drug-likeness (QED) is 0.640. The van der Waals surface area contributed by atoms with Crippen LogP contribution in [-0.2, 0) is 4.79 Å². The summed E-state index contributed by atoms with van der Waals surface area (Å²) >= 11 is 0. The number of nitrogens with one attached hydrogen (secondary N) is 1. The molecule has 0 atom stereocenters. The second-order valence-corrected chi connectivity index (χ2v) is 4.54. The molecular weight excluding hydrogens is 188 g/mol. The Labute approximate surface area is 91.5 Å². The fraction of sp³-hybridized carbons (Fsp3) is 0.750. The molecule has 0 heterocycles. The van der Waals surface area contributed by atoms with E-state index in [9.17, 15) is 4.79 Å². The molecule has 1 amide bonds. The predicted molar refractivity (Wildman–Crippen MR) is 60.6 cm³/mol. The molecule has 1 N–H and O–H groups in total. The predicted octanol–water partition coefficient (Wildman–Crippen LogP) is 1.31. The van der Waals surface area contributed by atoms with Crippen molar-refractivity contribution < 1.29 is 4.79 Å². The lowest BCUT2D eigenvalue weighted by Crippen LogP contribution is -2.35. The summed E-state index contributed by atoms with van der Waals surface area (Å²) < 4.78 is 0. The van der Waals surface area contributed by atoms with E-state index in [0.717, 1.165) is 6.54 Å². The molecular formula is C12H20N2O. The van der Waals surface area contributed by atoms with Crippen molar-refractivity contribution in [2.75, 3.05) is 13.1 Å². The molecule has 84 valence electrons. The van der Waals surface area contributed by atoms with Gasteiger partial charge in [0.15, 0.2) is 0 Å². The van der Waals surface area contributed by atoms with Crippen LogP contribution in [-0.4, -0.2) is 36.0 Å². The van der Waals surface area contributed by atoms with E-state index in [-0.39, 0.29) is 5.91 Å². The Morgan fingerprint density at radius 2 is 2.13 bits per heavy atom. The highest BCUT2D eigenvalue weighted by Crippen LogP contribution is 2.27. The molecule has 0 bridgehead atoms. The van der Waals surface area contributed by atoms with Crippen LogP contribution in [0.2, 0.25) is 0 Å². The third kappa shape index (κ3) is 3.34. The smallest absolute Gasteiger partial charge is 0.224 e. The van der Waals surface area contributed by atoms with E-state index in [1.54, 1.807) is 0 Å². The Hall–Kier alpha value is -0.830. The molecule has 2 aliphatic carbocycles. The van der Waals surface area contributed by atoms with Gasteiger partial charge in [0, 0.05) is 31.6 Å². The third-order valence-corrected chi connectivity index (χ3v) is 2.98. The third-order valence-electron chi connectivity index (χ3n) is 2.98. The Bertz CT molecular complexity index is 244. The van der Waals surface area contributed by atoms with Gasteiger partial charge in [-0.2, -0.15) is 0 Å². The number of carbonyl (C=O) groups is 1. The molecule has 0 unspecified atom stereocenters. The molecule has 0 aromatic heterocycles. The monoisotopic (exact) mass is 208 g/mol. The van der Waals surface area contributed by atoms with E-state index in [2.05, 4.69) is 11.9 Å². The first-order valence-corrected chi connectivity index (χ1v) is 5.95. The zero-order valence-electron chi connectivity index (χ0n) is 9.24. The summed E-state index contributed by atoms with van der Waals surface area (Å²) in [7, 11) is 0. The average molecular weight is 208 g/mol. The van der Waals surface area contributed by atoms with Crippen LogP contribution in [0.15, 0.2) is 12.7 Å². The van der Waals surface area contributed by atoms with Gasteiger partial charge < -0.3 is 10.2 Å². The number of hydrogen-bond acceptors (Lipinski definition) is 2. The largest absolute Gasteiger partial charge is 0.336 e. The molecule has 2 aliphatic rings. The minimum absolute atomic E-state index is 0.283. The van der Waals surface area contributed by atoms with Gasteiger partial charge in [-0.05, 0) is 25.7 Å². The topological polar surface area (TPSA) is 32.3 Å². The molecule has 0 aliphatic heterocycles. The lowest BCUT2D eigenvalue weighted by Gasteiger charge is -2.20. The van der Waals surface area contributed by atoms with Crippen LogP contribution in [0, 0.1) is 0 Å². The maximum absolute atomic E-state index is 11.9. The minimum atomic E-state index is 0.283. The van der Waals surface area contributed by atoms with E-state index < -0.39 is 0 Å². The van der Waals surface area contributed by atoms with E-state index >= 15 is 0 Å². The summed E-state index contributed by atoms with van der Waals surface area (Å²) in [6, 6.07) is 1.21. The van der Waals surface area contributed by atoms with Gasteiger partial charge in [-0.15, -0.1) is 6.58 Å². The zero-order valence-corrected chi connectivity index (χ0v) is 9.24. The highest BCUT2D eigenvalue weighted by Gasteiger charge is 2.31. The first-order valence-electron chi connectivity index (χ1n) is 5.95. The molecule has 0 saturated heterocycles. The van der Waals surface area contributed by atoms with E-state index in [1.807, 2.05) is 11.0 Å². The lowest BCUT2D eigenvalue weighted by atomic mass is 10.3. The Balaban J connectivity index is 1.68. The lowest BCUT2D eigenvalue weighted by molar-refractivity contribution is -0.131. The summed E-state index contributed by atoms with van der Waals surface area (Å²) in [6.07, 6.45) is 7.39. The Kier molecular flexibility index (Phi) is 3.41. The SMILES string of the molecule is C=CCN(C(=O)CCNC1CC1)C1CC1. The van der Waals surface area contributed by atoms with Crippen molar-refractivity contribution in [3.8, 4) is 0 Å². The van der Waals surface area contributed by atoms with Crippen molar-refractivity contribution in [2.24, 2.45) is 0 Å². The van der Waals surface area contributed by atoms with Gasteiger partial charge in [-0.3, -0.25) is 4.79 Å². The van der Waals surface area contributed by atoms with Gasteiger partial charge in [0.25, 0.3) is 0 Å². The number of amides is 1. The van der Waals surface area contributed by atoms with Gasteiger partial charge in [0.05, 0.1) is 0 Å². The van der Waals surface area contributed by atoms with Crippen LogP contribution in [0.1, 0.15) is 32.1 Å². The average Bonchev–Trinajstić information content (AvgIpc) is 3.05. The number of carbonyl (C=O) groups excluding carboxylic acids is 1. The molecule has 0 aromatic rings. The first-order chi connectivity index (χ1) is 7.31. The first kappa shape index (κ1) is 10.7. The van der Waals surface area contributed by atoms with Gasteiger partial charge in [0.2, 0.25) is 5.91 Å². The van der Waals surface area contributed by atoms with Crippen LogP contribution in [0.5, 0.6) is 0 Å². The van der Waals surface area contributed by atoms with Crippen LogP contribution >= 0.6 is 0 Å². The number of hydrogen-bond donors (Lipinski definition) is 1. The molecule has 15 heavy (non-hydrogen) atoms. The fourth-order valence-corrected chi connectivity index (χ4v) is 1.79. The highest BCUT2D eigenvalue weighted by atomic mass is 16.2. The summed E-state index contributed by atoms with van der Waals surface area (Å²) in [5.74, 6) is 0.283. The highest BCUT2D eigenvalue weighted by molar-refractivity contribution is 5.77. The van der Waals surface area contributed by atoms with Crippen LogP contribution in [0.4, 0.5) is 0 Å². The molecule has 0 aromatic carbocycles. The fourth-order valence-electron chi connectivity index (χ4n) is 1.79. The van der Waals surface area contributed by atoms with Crippen molar-refractivity contribution in [1.82, 2.24) is 10.2 Å². The summed E-state index contributed by atoms with van der Waals surface area (Å²) in [4.78, 5) is 13.8. The molecule has 2 saturated carbocycles. The van der Waals surface area contributed by atoms with Gasteiger partial charge in [-0.1, -0.05) is 6.08 Å². The van der Waals surface area contributed by atoms with Crippen molar-refractivity contribution in [1.29, 1.82) is 0 Å². The number of rotatable bonds is 7. The summed E-state index contributed by atoms with van der Waals surface area (Å²) in [6.45, 7) is 5.25. The van der Waals surface area contributed by atoms with Crippen LogP contribution in [0.25, 0.3) is 0 Å². The van der Waals surface area contributed by atoms with Gasteiger partial charge >= 0.3 is 0 Å². The molecule has 2 fully saturated rings. The number of nitrogens with zero attached hydrogens (tertiary/aromatic N) is 1. The zero-order chi connectivity index (χ0) is 10.7. The maximum Gasteiger partial charge on any atom is 0.224 e. The molecule has 2 rings (SSSR count). The molecule has 3 heteroatoms. The standard InChI is InChI=1S/C12H20N2O/c1-2-9-14(11-5-6-11)12(15)7-8-13-10-3-4-10/h2,10-11,13H,1,3-9H2. The van der Waals surface area contributed by atoms with Crippen molar-refractivity contribution in [3.63, 3.8) is 0 Å². The van der Waals surface area contributed by atoms with Gasteiger partial charge in [-0.25, -0.2) is 0 Å². The maximum atomic E-state index is 11.9. The van der Waals surface area contributed by atoms with E-state index in [4.69, 9.17) is 0 Å². The van der Waals surface area contributed by atoms with Gasteiger partial charge in [0.1, 0.15) is 0 Å². The second kappa shape index (κ2) is 4.79. The molecule has 0 spiro atoms.